The lowest BCUT2D eigenvalue weighted by Gasteiger charge is -2.27. The van der Waals surface area contributed by atoms with E-state index in [-0.39, 0.29) is 0 Å². The van der Waals surface area contributed by atoms with Gasteiger partial charge in [-0.25, -0.2) is 0 Å². The number of fused-ring (bicyclic) bond motifs is 13. The van der Waals surface area contributed by atoms with E-state index in [1.165, 1.54) is 107 Å². The third-order valence-electron chi connectivity index (χ3n) is 16.1. The van der Waals surface area contributed by atoms with Gasteiger partial charge in [0.1, 0.15) is 0 Å². The molecular formula is C71H48N4S. The van der Waals surface area contributed by atoms with Crippen molar-refractivity contribution in [3.63, 3.8) is 0 Å². The van der Waals surface area contributed by atoms with Gasteiger partial charge in [-0.05, 0) is 136 Å². The van der Waals surface area contributed by atoms with Gasteiger partial charge < -0.3 is 18.8 Å². The van der Waals surface area contributed by atoms with Gasteiger partial charge in [-0.1, -0.05) is 159 Å². The fourth-order valence-electron chi connectivity index (χ4n) is 12.6. The van der Waals surface area contributed by atoms with Crippen molar-refractivity contribution in [2.45, 2.75) is 19.8 Å². The van der Waals surface area contributed by atoms with Crippen molar-refractivity contribution in [2.75, 3.05) is 9.80 Å². The molecule has 16 rings (SSSR count). The van der Waals surface area contributed by atoms with Gasteiger partial charge in [0, 0.05) is 86.6 Å². The van der Waals surface area contributed by atoms with Gasteiger partial charge in [0.25, 0.3) is 0 Å². The minimum absolute atomic E-state index is 0.434. The lowest BCUT2D eigenvalue weighted by molar-refractivity contribution is 0.866. The van der Waals surface area contributed by atoms with Crippen molar-refractivity contribution in [1.82, 2.24) is 8.97 Å². The van der Waals surface area contributed by atoms with Crippen molar-refractivity contribution in [2.24, 2.45) is 0 Å². The highest BCUT2D eigenvalue weighted by atomic mass is 32.1. The molecule has 0 N–H and O–H groups in total. The molecule has 4 nitrogen and oxygen atoms in total. The molecule has 0 bridgehead atoms. The van der Waals surface area contributed by atoms with E-state index in [1.807, 2.05) is 11.3 Å². The highest BCUT2D eigenvalue weighted by Gasteiger charge is 2.25. The molecule has 0 aliphatic carbocycles. The minimum atomic E-state index is 0.434. The van der Waals surface area contributed by atoms with E-state index in [0.717, 1.165) is 39.8 Å². The van der Waals surface area contributed by atoms with Crippen LogP contribution in [0.2, 0.25) is 0 Å². The van der Waals surface area contributed by atoms with E-state index in [1.54, 1.807) is 0 Å². The summed E-state index contributed by atoms with van der Waals surface area (Å²) in [6.07, 6.45) is 0. The molecule has 0 unspecified atom stereocenters. The largest absolute Gasteiger partial charge is 0.310 e. The first-order chi connectivity index (χ1) is 37.5. The number of rotatable bonds is 8. The number of aromatic nitrogens is 2. The van der Waals surface area contributed by atoms with Crippen LogP contribution >= 0.6 is 11.3 Å². The first kappa shape index (κ1) is 43.0. The molecule has 4 aromatic heterocycles. The van der Waals surface area contributed by atoms with Crippen molar-refractivity contribution < 1.29 is 0 Å². The Kier molecular flexibility index (Phi) is 9.37. The third kappa shape index (κ3) is 6.36. The van der Waals surface area contributed by atoms with Gasteiger partial charge in [-0.15, -0.1) is 11.3 Å². The Labute approximate surface area is 443 Å². The van der Waals surface area contributed by atoms with Crippen molar-refractivity contribution in [1.29, 1.82) is 0 Å². The molecule has 0 atom stereocenters. The molecule has 0 aliphatic rings. The second-order valence-electron chi connectivity index (χ2n) is 20.7. The summed E-state index contributed by atoms with van der Waals surface area (Å²) in [5.74, 6) is 0.434. The minimum Gasteiger partial charge on any atom is -0.310 e. The first-order valence-corrected chi connectivity index (χ1v) is 27.2. The molecule has 5 heteroatoms. The lowest BCUT2D eigenvalue weighted by atomic mass is 9.99. The Bertz CT molecular complexity index is 4980. The molecule has 76 heavy (non-hydrogen) atoms. The number of hydrogen-bond donors (Lipinski definition) is 0. The summed E-state index contributed by atoms with van der Waals surface area (Å²) in [6, 6.07) is 92.7. The van der Waals surface area contributed by atoms with Gasteiger partial charge >= 0.3 is 0 Å². The van der Waals surface area contributed by atoms with Crippen LogP contribution < -0.4 is 9.80 Å². The van der Waals surface area contributed by atoms with E-state index in [0.29, 0.717) is 5.92 Å². The molecule has 358 valence electrons. The Morgan fingerprint density at radius 1 is 0.342 bits per heavy atom. The van der Waals surface area contributed by atoms with E-state index in [4.69, 9.17) is 0 Å². The van der Waals surface area contributed by atoms with Crippen LogP contribution in [0.25, 0.3) is 107 Å². The average molecular weight is 989 g/mol. The van der Waals surface area contributed by atoms with Crippen molar-refractivity contribution >= 4 is 147 Å². The van der Waals surface area contributed by atoms with Crippen LogP contribution in [0, 0.1) is 0 Å². The van der Waals surface area contributed by atoms with Gasteiger partial charge in [0.2, 0.25) is 0 Å². The molecule has 0 radical (unpaired) electrons. The predicted octanol–water partition coefficient (Wildman–Crippen LogP) is 20.7. The zero-order valence-electron chi connectivity index (χ0n) is 41.9. The lowest BCUT2D eigenvalue weighted by Crippen LogP contribution is -2.11. The molecule has 4 heterocycles. The number of hydrogen-bond acceptors (Lipinski definition) is 3. The average Bonchev–Trinajstić information content (AvgIpc) is 4.30. The zero-order chi connectivity index (χ0) is 50.2. The smallest absolute Gasteiger partial charge is 0.0782 e. The number of para-hydroxylation sites is 4. The number of anilines is 6. The molecule has 0 spiro atoms. The summed E-state index contributed by atoms with van der Waals surface area (Å²) in [6.45, 7) is 4.53. The fraction of sp³-hybridized carbons (Fsp3) is 0.0423. The van der Waals surface area contributed by atoms with Crippen LogP contribution in [-0.4, -0.2) is 8.97 Å². The summed E-state index contributed by atoms with van der Waals surface area (Å²) < 4.78 is 7.45. The van der Waals surface area contributed by atoms with E-state index < -0.39 is 0 Å². The molecular weight excluding hydrogens is 941 g/mol. The molecule has 16 aromatic rings. The summed E-state index contributed by atoms with van der Waals surface area (Å²) in [5, 5.41) is 15.0. The van der Waals surface area contributed by atoms with E-state index in [2.05, 4.69) is 281 Å². The Hall–Kier alpha value is -9.42. The molecule has 0 saturated heterocycles. The fourth-order valence-corrected chi connectivity index (χ4v) is 13.8. The van der Waals surface area contributed by atoms with Crippen LogP contribution in [0.1, 0.15) is 25.3 Å². The maximum Gasteiger partial charge on any atom is 0.0782 e. The van der Waals surface area contributed by atoms with Crippen molar-refractivity contribution in [3.8, 4) is 5.69 Å². The van der Waals surface area contributed by atoms with Gasteiger partial charge in [0.15, 0.2) is 0 Å². The van der Waals surface area contributed by atoms with Crippen LogP contribution in [-0.2, 0) is 0 Å². The summed E-state index contributed by atoms with van der Waals surface area (Å²) in [7, 11) is 0. The Morgan fingerprint density at radius 2 is 0.921 bits per heavy atom. The van der Waals surface area contributed by atoms with Crippen LogP contribution in [0.5, 0.6) is 0 Å². The van der Waals surface area contributed by atoms with Gasteiger partial charge in [-0.3, -0.25) is 0 Å². The number of benzene rings is 12. The summed E-state index contributed by atoms with van der Waals surface area (Å²) in [4.78, 5) is 4.94. The topological polar surface area (TPSA) is 15.8 Å². The van der Waals surface area contributed by atoms with Crippen LogP contribution in [0.3, 0.4) is 0 Å². The SMILES string of the molecule is CC(C)c1ccc(N(c2ccc3c(c2)sc2ccc(N(c4ccc5ccccc5c4)c4cccc5c6ccc7cccc8c9ccccc9n(c45)c6c78)cc23)c2ccc3c(c2)c2ccccc2n3-c2ccccc2)cc1. The second-order valence-corrected chi connectivity index (χ2v) is 21.8. The predicted molar refractivity (Wildman–Crippen MR) is 327 cm³/mol. The maximum atomic E-state index is 2.56. The molecule has 0 aliphatic heterocycles. The molecule has 0 saturated carbocycles. The molecule has 0 fully saturated rings. The van der Waals surface area contributed by atoms with E-state index >= 15 is 0 Å². The number of nitrogens with zero attached hydrogens (tertiary/aromatic N) is 4. The van der Waals surface area contributed by atoms with E-state index in [9.17, 15) is 0 Å². The quantitative estimate of drug-likeness (QED) is 0.111. The standard InChI is InChI=1S/C71H48N4S/c1-44(2)45-26-30-50(31-27-45)72(52-34-38-65-61(41-52)56-20-9-10-23-63(56)74(65)49-17-4-3-5-18-49)54-33-37-57-62-42-53(35-39-67(62)76-68(57)43-54)73(51-32-28-46-14-6-7-15-48(46)40-51)66-25-13-22-59-60-36-29-47-16-12-21-58-55-19-8-11-24-64(55)75(70(59)66)71(60)69(47)58/h3-44H,1-2H3. The first-order valence-electron chi connectivity index (χ1n) is 26.3. The summed E-state index contributed by atoms with van der Waals surface area (Å²) in [5.41, 5.74) is 15.3. The van der Waals surface area contributed by atoms with Crippen LogP contribution in [0.4, 0.5) is 34.1 Å². The molecule has 0 amide bonds. The Balaban J connectivity index is 0.894. The highest BCUT2D eigenvalue weighted by molar-refractivity contribution is 7.25. The Morgan fingerprint density at radius 3 is 1.78 bits per heavy atom. The number of thiophene rings is 1. The normalized spacial score (nSPS) is 12.2. The van der Waals surface area contributed by atoms with Crippen molar-refractivity contribution in [3.05, 3.63) is 254 Å². The monoisotopic (exact) mass is 988 g/mol. The van der Waals surface area contributed by atoms with Gasteiger partial charge in [0.05, 0.1) is 33.3 Å². The summed E-state index contributed by atoms with van der Waals surface area (Å²) >= 11 is 1.87. The third-order valence-corrected chi connectivity index (χ3v) is 17.3. The maximum absolute atomic E-state index is 2.56. The van der Waals surface area contributed by atoms with Crippen LogP contribution in [0.15, 0.2) is 249 Å². The second kappa shape index (κ2) is 16.5. The zero-order valence-corrected chi connectivity index (χ0v) is 42.8. The molecule has 12 aromatic carbocycles. The highest BCUT2D eigenvalue weighted by Crippen LogP contribution is 2.49. The number of pyridine rings is 1. The van der Waals surface area contributed by atoms with Gasteiger partial charge in [-0.2, -0.15) is 0 Å².